The van der Waals surface area contributed by atoms with E-state index in [9.17, 15) is 9.59 Å². The lowest BCUT2D eigenvalue weighted by molar-refractivity contribution is 0.102. The van der Waals surface area contributed by atoms with Gasteiger partial charge in [-0.05, 0) is 6.07 Å². The van der Waals surface area contributed by atoms with Crippen LogP contribution in [0.25, 0.3) is 16.2 Å². The first-order chi connectivity index (χ1) is 11.7. The van der Waals surface area contributed by atoms with Gasteiger partial charge in [0.2, 0.25) is 0 Å². The van der Waals surface area contributed by atoms with Crippen LogP contribution in [0.5, 0.6) is 0 Å². The van der Waals surface area contributed by atoms with Gasteiger partial charge in [0.25, 0.3) is 11.5 Å². The standard InChI is InChI=1S/C16H11N5O2S/c22-14-7-12(17-9-18-14)15(23)19-11-4-2-1-3-10(11)13-8-21-5-6-24-16(21)20-13/h1-9H,(H,19,23)(H,17,18,22). The molecule has 0 bridgehead atoms. The van der Waals surface area contributed by atoms with Crippen LogP contribution in [0.2, 0.25) is 0 Å². The molecule has 0 aliphatic rings. The Bertz CT molecular complexity index is 1070. The second kappa shape index (κ2) is 5.74. The van der Waals surface area contributed by atoms with Crippen molar-refractivity contribution in [2.75, 3.05) is 5.32 Å². The van der Waals surface area contributed by atoms with Crippen LogP contribution in [-0.4, -0.2) is 25.3 Å². The minimum Gasteiger partial charge on any atom is -0.320 e. The Morgan fingerprint density at radius 1 is 1.29 bits per heavy atom. The third kappa shape index (κ3) is 2.59. The number of benzene rings is 1. The number of para-hydroxylation sites is 1. The first-order valence-corrected chi connectivity index (χ1v) is 7.96. The van der Waals surface area contributed by atoms with Crippen molar-refractivity contribution in [1.82, 2.24) is 19.4 Å². The summed E-state index contributed by atoms with van der Waals surface area (Å²) in [6.45, 7) is 0. The Balaban J connectivity index is 1.70. The van der Waals surface area contributed by atoms with E-state index in [4.69, 9.17) is 0 Å². The van der Waals surface area contributed by atoms with E-state index in [0.29, 0.717) is 5.69 Å². The highest BCUT2D eigenvalue weighted by molar-refractivity contribution is 7.15. The highest BCUT2D eigenvalue weighted by atomic mass is 32.1. The van der Waals surface area contributed by atoms with Crippen molar-refractivity contribution >= 4 is 27.9 Å². The number of nitrogens with zero attached hydrogens (tertiary/aromatic N) is 3. The average Bonchev–Trinajstić information content (AvgIpc) is 3.17. The zero-order chi connectivity index (χ0) is 16.5. The minimum atomic E-state index is -0.449. The topological polar surface area (TPSA) is 92.2 Å². The fourth-order valence-electron chi connectivity index (χ4n) is 2.35. The van der Waals surface area contributed by atoms with E-state index >= 15 is 0 Å². The third-order valence-electron chi connectivity index (χ3n) is 3.46. The van der Waals surface area contributed by atoms with Crippen molar-refractivity contribution in [3.05, 3.63) is 70.5 Å². The molecule has 3 aromatic heterocycles. The summed E-state index contributed by atoms with van der Waals surface area (Å²) in [7, 11) is 0. The lowest BCUT2D eigenvalue weighted by atomic mass is 10.1. The van der Waals surface area contributed by atoms with E-state index in [0.717, 1.165) is 22.3 Å². The van der Waals surface area contributed by atoms with Crippen LogP contribution in [0.3, 0.4) is 0 Å². The molecule has 24 heavy (non-hydrogen) atoms. The number of fused-ring (bicyclic) bond motifs is 1. The molecule has 2 N–H and O–H groups in total. The van der Waals surface area contributed by atoms with Gasteiger partial charge in [-0.3, -0.25) is 14.0 Å². The number of carbonyl (C=O) groups excluding carboxylic acids is 1. The zero-order valence-corrected chi connectivity index (χ0v) is 13.1. The lowest BCUT2D eigenvalue weighted by Crippen LogP contribution is -2.18. The summed E-state index contributed by atoms with van der Waals surface area (Å²) in [4.78, 5) is 35.3. The van der Waals surface area contributed by atoms with Crippen LogP contribution < -0.4 is 10.9 Å². The molecule has 0 fully saturated rings. The van der Waals surface area contributed by atoms with Crippen LogP contribution in [0.1, 0.15) is 10.5 Å². The van der Waals surface area contributed by atoms with Crippen LogP contribution in [0.4, 0.5) is 5.69 Å². The van der Waals surface area contributed by atoms with Crippen LogP contribution >= 0.6 is 11.3 Å². The monoisotopic (exact) mass is 337 g/mol. The molecule has 1 amide bonds. The predicted molar refractivity (Wildman–Crippen MR) is 91.3 cm³/mol. The molecule has 0 unspecified atom stereocenters. The molecule has 7 nitrogen and oxygen atoms in total. The minimum absolute atomic E-state index is 0.0550. The SMILES string of the molecule is O=C(Nc1ccccc1-c1cn2ccsc2n1)c1cc(=O)[nH]cn1. The van der Waals surface area contributed by atoms with Crippen molar-refractivity contribution in [2.24, 2.45) is 0 Å². The second-order valence-corrected chi connectivity index (χ2v) is 5.89. The van der Waals surface area contributed by atoms with Gasteiger partial charge in [0.05, 0.1) is 17.7 Å². The zero-order valence-electron chi connectivity index (χ0n) is 12.3. The number of H-pyrrole nitrogens is 1. The number of hydrogen-bond donors (Lipinski definition) is 2. The Kier molecular flexibility index (Phi) is 3.43. The van der Waals surface area contributed by atoms with E-state index in [-0.39, 0.29) is 11.3 Å². The summed E-state index contributed by atoms with van der Waals surface area (Å²) < 4.78 is 1.93. The van der Waals surface area contributed by atoms with Gasteiger partial charge in [0.15, 0.2) is 4.96 Å². The fourth-order valence-corrected chi connectivity index (χ4v) is 3.05. The van der Waals surface area contributed by atoms with Gasteiger partial charge in [0, 0.05) is 29.4 Å². The van der Waals surface area contributed by atoms with Gasteiger partial charge in [-0.15, -0.1) is 11.3 Å². The van der Waals surface area contributed by atoms with Gasteiger partial charge < -0.3 is 10.3 Å². The lowest BCUT2D eigenvalue weighted by Gasteiger charge is -2.08. The van der Waals surface area contributed by atoms with Crippen molar-refractivity contribution in [3.8, 4) is 11.3 Å². The molecule has 4 rings (SSSR count). The Hall–Kier alpha value is -3.26. The quantitative estimate of drug-likeness (QED) is 0.600. The molecule has 0 radical (unpaired) electrons. The number of amides is 1. The molecule has 0 aliphatic heterocycles. The Morgan fingerprint density at radius 2 is 2.17 bits per heavy atom. The molecule has 1 aromatic carbocycles. The Labute approximate surface area is 139 Å². The normalized spacial score (nSPS) is 10.8. The fraction of sp³-hybridized carbons (Fsp3) is 0. The average molecular weight is 337 g/mol. The van der Waals surface area contributed by atoms with Gasteiger partial charge >= 0.3 is 0 Å². The van der Waals surface area contributed by atoms with E-state index < -0.39 is 5.91 Å². The van der Waals surface area contributed by atoms with Crippen molar-refractivity contribution < 1.29 is 4.79 Å². The maximum absolute atomic E-state index is 12.3. The number of hydrogen-bond acceptors (Lipinski definition) is 5. The molecular weight excluding hydrogens is 326 g/mol. The molecule has 0 aliphatic carbocycles. The highest BCUT2D eigenvalue weighted by Crippen LogP contribution is 2.28. The molecule has 0 atom stereocenters. The maximum Gasteiger partial charge on any atom is 0.274 e. The summed E-state index contributed by atoms with van der Waals surface area (Å²) in [5, 5.41) is 4.75. The summed E-state index contributed by atoms with van der Waals surface area (Å²) >= 11 is 1.54. The summed E-state index contributed by atoms with van der Waals surface area (Å²) in [5.74, 6) is -0.449. The number of anilines is 1. The third-order valence-corrected chi connectivity index (χ3v) is 4.23. The first kappa shape index (κ1) is 14.3. The van der Waals surface area contributed by atoms with E-state index in [1.54, 1.807) is 6.07 Å². The van der Waals surface area contributed by atoms with Gasteiger partial charge in [-0.1, -0.05) is 18.2 Å². The van der Waals surface area contributed by atoms with Gasteiger partial charge in [0.1, 0.15) is 5.69 Å². The van der Waals surface area contributed by atoms with Crippen molar-refractivity contribution in [2.45, 2.75) is 0 Å². The number of thiazole rings is 1. The molecule has 118 valence electrons. The van der Waals surface area contributed by atoms with Crippen molar-refractivity contribution in [3.63, 3.8) is 0 Å². The summed E-state index contributed by atoms with van der Waals surface area (Å²) in [6.07, 6.45) is 5.03. The molecular formula is C16H11N5O2S. The Morgan fingerprint density at radius 3 is 3.00 bits per heavy atom. The largest absolute Gasteiger partial charge is 0.320 e. The van der Waals surface area contributed by atoms with Gasteiger partial charge in [-0.2, -0.15) is 0 Å². The summed E-state index contributed by atoms with van der Waals surface area (Å²) in [6, 6.07) is 8.53. The van der Waals surface area contributed by atoms with E-state index in [1.807, 2.05) is 40.4 Å². The predicted octanol–water partition coefficient (Wildman–Crippen LogP) is 2.40. The molecule has 4 aromatic rings. The van der Waals surface area contributed by atoms with E-state index in [1.165, 1.54) is 17.7 Å². The van der Waals surface area contributed by atoms with E-state index in [2.05, 4.69) is 20.3 Å². The van der Waals surface area contributed by atoms with Crippen molar-refractivity contribution in [1.29, 1.82) is 0 Å². The van der Waals surface area contributed by atoms with Crippen LogP contribution in [-0.2, 0) is 0 Å². The number of aromatic nitrogens is 4. The number of rotatable bonds is 3. The first-order valence-electron chi connectivity index (χ1n) is 7.08. The van der Waals surface area contributed by atoms with Gasteiger partial charge in [-0.25, -0.2) is 9.97 Å². The number of imidazole rings is 1. The number of nitrogens with one attached hydrogen (secondary N) is 2. The van der Waals surface area contributed by atoms with Crippen LogP contribution in [0, 0.1) is 0 Å². The van der Waals surface area contributed by atoms with Crippen LogP contribution in [0.15, 0.2) is 59.2 Å². The highest BCUT2D eigenvalue weighted by Gasteiger charge is 2.14. The smallest absolute Gasteiger partial charge is 0.274 e. The maximum atomic E-state index is 12.3. The molecule has 0 spiro atoms. The molecule has 3 heterocycles. The molecule has 0 saturated carbocycles. The molecule has 0 saturated heterocycles. The molecule has 8 heteroatoms. The summed E-state index contributed by atoms with van der Waals surface area (Å²) in [5.41, 5.74) is 1.84. The number of carbonyl (C=O) groups is 1. The number of aromatic amines is 1. The second-order valence-electron chi connectivity index (χ2n) is 5.02.